The summed E-state index contributed by atoms with van der Waals surface area (Å²) in [5.74, 6) is 0.869. The second kappa shape index (κ2) is 9.20. The summed E-state index contributed by atoms with van der Waals surface area (Å²) < 4.78 is 10.6. The van der Waals surface area contributed by atoms with Gasteiger partial charge < -0.3 is 9.47 Å². The van der Waals surface area contributed by atoms with E-state index >= 15 is 0 Å². The van der Waals surface area contributed by atoms with Crippen LogP contribution in [0.3, 0.4) is 0 Å². The van der Waals surface area contributed by atoms with Crippen LogP contribution in [0.1, 0.15) is 5.56 Å². The van der Waals surface area contributed by atoms with E-state index in [0.29, 0.717) is 10.5 Å². The van der Waals surface area contributed by atoms with Crippen LogP contribution in [-0.2, 0) is 9.59 Å². The Kier molecular flexibility index (Phi) is 6.42. The molecule has 11 heteroatoms. The standard InChI is InChI=1S/C21H14ClN3O7/c1-3-8-32-18-16(22)10-12(11-17(18)31-2)9-15-19(26)23-21(28)24(20(15)27)13-4-6-14(7-5-13)25(29)30/h1,4-7,9-11H,8H2,2H3,(H,23,26,28)/b15-9+. The van der Waals surface area contributed by atoms with Gasteiger partial charge in [0.05, 0.1) is 22.7 Å². The van der Waals surface area contributed by atoms with Gasteiger partial charge in [-0.15, -0.1) is 6.42 Å². The van der Waals surface area contributed by atoms with Crippen molar-refractivity contribution in [3.63, 3.8) is 0 Å². The van der Waals surface area contributed by atoms with Crippen LogP contribution in [0.4, 0.5) is 16.2 Å². The highest BCUT2D eigenvalue weighted by molar-refractivity contribution is 6.39. The second-order valence-electron chi connectivity index (χ2n) is 6.26. The van der Waals surface area contributed by atoms with Gasteiger partial charge in [-0.05, 0) is 35.9 Å². The van der Waals surface area contributed by atoms with Crippen LogP contribution < -0.4 is 19.7 Å². The average Bonchev–Trinajstić information content (AvgIpc) is 2.75. The molecule has 0 aliphatic carbocycles. The Morgan fingerprint density at radius 2 is 1.94 bits per heavy atom. The third kappa shape index (κ3) is 4.38. The first-order valence-corrected chi connectivity index (χ1v) is 9.24. The van der Waals surface area contributed by atoms with Crippen LogP contribution in [0.15, 0.2) is 42.0 Å². The fourth-order valence-corrected chi connectivity index (χ4v) is 3.13. The van der Waals surface area contributed by atoms with Gasteiger partial charge in [-0.25, -0.2) is 9.69 Å². The highest BCUT2D eigenvalue weighted by atomic mass is 35.5. The van der Waals surface area contributed by atoms with Crippen molar-refractivity contribution in [2.24, 2.45) is 0 Å². The number of nitrogens with one attached hydrogen (secondary N) is 1. The number of carbonyl (C=O) groups excluding carboxylic acids is 3. The lowest BCUT2D eigenvalue weighted by Crippen LogP contribution is -2.54. The van der Waals surface area contributed by atoms with Crippen molar-refractivity contribution in [1.82, 2.24) is 5.32 Å². The number of benzene rings is 2. The summed E-state index contributed by atoms with van der Waals surface area (Å²) in [6, 6.07) is 6.62. The molecule has 3 rings (SSSR count). The minimum Gasteiger partial charge on any atom is -0.493 e. The number of rotatable bonds is 6. The number of hydrogen-bond acceptors (Lipinski definition) is 7. The fourth-order valence-electron chi connectivity index (χ4n) is 2.86. The number of nitrogens with zero attached hydrogens (tertiary/aromatic N) is 2. The van der Waals surface area contributed by atoms with Crippen molar-refractivity contribution in [1.29, 1.82) is 0 Å². The van der Waals surface area contributed by atoms with Crippen molar-refractivity contribution in [2.45, 2.75) is 0 Å². The molecular weight excluding hydrogens is 442 g/mol. The molecule has 162 valence electrons. The average molecular weight is 456 g/mol. The number of halogens is 1. The molecule has 2 aromatic rings. The summed E-state index contributed by atoms with van der Waals surface area (Å²) in [6.07, 6.45) is 6.41. The van der Waals surface area contributed by atoms with E-state index in [-0.39, 0.29) is 40.1 Å². The Bertz CT molecular complexity index is 1200. The molecule has 0 aromatic heterocycles. The van der Waals surface area contributed by atoms with Crippen LogP contribution >= 0.6 is 11.6 Å². The van der Waals surface area contributed by atoms with E-state index < -0.39 is 22.8 Å². The number of amides is 4. The fraction of sp³-hybridized carbons (Fsp3) is 0.0952. The number of anilines is 1. The van der Waals surface area contributed by atoms with E-state index in [1.165, 1.54) is 37.5 Å². The maximum Gasteiger partial charge on any atom is 0.335 e. The van der Waals surface area contributed by atoms with E-state index in [4.69, 9.17) is 27.5 Å². The summed E-state index contributed by atoms with van der Waals surface area (Å²) in [6.45, 7) is -0.0519. The van der Waals surface area contributed by atoms with Crippen LogP contribution in [-0.4, -0.2) is 36.5 Å². The molecular formula is C21H14ClN3O7. The normalized spacial score (nSPS) is 14.7. The lowest BCUT2D eigenvalue weighted by Gasteiger charge is -2.26. The van der Waals surface area contributed by atoms with E-state index in [1.54, 1.807) is 0 Å². The van der Waals surface area contributed by atoms with Crippen molar-refractivity contribution in [2.75, 3.05) is 18.6 Å². The summed E-state index contributed by atoms with van der Waals surface area (Å²) in [5, 5.41) is 13.0. The lowest BCUT2D eigenvalue weighted by molar-refractivity contribution is -0.384. The summed E-state index contributed by atoms with van der Waals surface area (Å²) >= 11 is 6.22. The number of non-ortho nitro benzene ring substituents is 1. The molecule has 0 saturated carbocycles. The van der Waals surface area contributed by atoms with Crippen LogP contribution in [0.2, 0.25) is 5.02 Å². The number of carbonyl (C=O) groups is 3. The molecule has 0 spiro atoms. The molecule has 1 fully saturated rings. The zero-order valence-corrected chi connectivity index (χ0v) is 17.2. The van der Waals surface area contributed by atoms with Gasteiger partial charge in [-0.3, -0.25) is 25.0 Å². The largest absolute Gasteiger partial charge is 0.493 e. The first kappa shape index (κ1) is 22.3. The molecule has 0 bridgehead atoms. The van der Waals surface area contributed by atoms with Gasteiger partial charge in [0.2, 0.25) is 0 Å². The van der Waals surface area contributed by atoms with Crippen LogP contribution in [0.5, 0.6) is 11.5 Å². The first-order valence-electron chi connectivity index (χ1n) is 8.86. The van der Waals surface area contributed by atoms with Gasteiger partial charge in [-0.1, -0.05) is 17.5 Å². The molecule has 32 heavy (non-hydrogen) atoms. The topological polar surface area (TPSA) is 128 Å². The monoisotopic (exact) mass is 455 g/mol. The minimum absolute atomic E-state index is 0.0464. The number of hydrogen-bond donors (Lipinski definition) is 1. The molecule has 1 N–H and O–H groups in total. The number of ether oxygens (including phenoxy) is 2. The van der Waals surface area contributed by atoms with Crippen LogP contribution in [0, 0.1) is 22.5 Å². The van der Waals surface area contributed by atoms with Gasteiger partial charge >= 0.3 is 6.03 Å². The van der Waals surface area contributed by atoms with Crippen LogP contribution in [0.25, 0.3) is 6.08 Å². The van der Waals surface area contributed by atoms with Crippen molar-refractivity contribution in [3.05, 3.63) is 62.7 Å². The van der Waals surface area contributed by atoms with E-state index in [9.17, 15) is 24.5 Å². The SMILES string of the molecule is C#CCOc1c(Cl)cc(/C=C2\C(=O)NC(=O)N(c3ccc([N+](=O)[O-])cc3)C2=O)cc1OC. The summed E-state index contributed by atoms with van der Waals surface area (Å²) in [4.78, 5) is 48.5. The van der Waals surface area contributed by atoms with Gasteiger partial charge in [0, 0.05) is 12.1 Å². The molecule has 10 nitrogen and oxygen atoms in total. The minimum atomic E-state index is -0.986. The number of nitro benzene ring substituents is 1. The number of urea groups is 1. The maximum atomic E-state index is 12.9. The predicted molar refractivity (Wildman–Crippen MR) is 114 cm³/mol. The van der Waals surface area contributed by atoms with Gasteiger partial charge in [0.1, 0.15) is 12.2 Å². The van der Waals surface area contributed by atoms with Crippen molar-refractivity contribution >= 4 is 46.9 Å². The number of methoxy groups -OCH3 is 1. The summed E-state index contributed by atoms with van der Waals surface area (Å²) in [7, 11) is 1.37. The zero-order chi connectivity index (χ0) is 23.4. The van der Waals surface area contributed by atoms with Gasteiger partial charge in [0.25, 0.3) is 17.5 Å². The van der Waals surface area contributed by atoms with Crippen molar-refractivity contribution < 1.29 is 28.8 Å². The molecule has 1 heterocycles. The first-order chi connectivity index (χ1) is 15.3. The third-order valence-electron chi connectivity index (χ3n) is 4.28. The molecule has 0 unspecified atom stereocenters. The molecule has 0 radical (unpaired) electrons. The maximum absolute atomic E-state index is 12.9. The second-order valence-corrected chi connectivity index (χ2v) is 6.67. The van der Waals surface area contributed by atoms with E-state index in [2.05, 4.69) is 11.2 Å². The Labute approximate surface area is 186 Å². The number of terminal acetylenes is 1. The molecule has 1 saturated heterocycles. The van der Waals surface area contributed by atoms with Gasteiger partial charge in [0.15, 0.2) is 11.5 Å². The molecule has 0 atom stereocenters. The van der Waals surface area contributed by atoms with E-state index in [0.717, 1.165) is 12.1 Å². The Balaban J connectivity index is 2.00. The molecule has 4 amide bonds. The third-order valence-corrected chi connectivity index (χ3v) is 4.56. The number of imide groups is 2. The number of nitro groups is 1. The molecule has 2 aromatic carbocycles. The quantitative estimate of drug-likeness (QED) is 0.233. The predicted octanol–water partition coefficient (Wildman–Crippen LogP) is 2.94. The molecule has 1 aliphatic rings. The highest BCUT2D eigenvalue weighted by Gasteiger charge is 2.37. The summed E-state index contributed by atoms with van der Waals surface area (Å²) in [5.41, 5.74) is -0.223. The van der Waals surface area contributed by atoms with Gasteiger partial charge in [-0.2, -0.15) is 0 Å². The zero-order valence-electron chi connectivity index (χ0n) is 16.5. The highest BCUT2D eigenvalue weighted by Crippen LogP contribution is 2.37. The Morgan fingerprint density at radius 3 is 2.53 bits per heavy atom. The Hall–Kier alpha value is -4.36. The van der Waals surface area contributed by atoms with E-state index in [1.807, 2.05) is 0 Å². The Morgan fingerprint density at radius 1 is 1.25 bits per heavy atom. The number of barbiturate groups is 1. The van der Waals surface area contributed by atoms with Crippen molar-refractivity contribution in [3.8, 4) is 23.8 Å². The molecule has 1 aliphatic heterocycles. The lowest BCUT2D eigenvalue weighted by atomic mass is 10.1. The smallest absolute Gasteiger partial charge is 0.335 e.